The van der Waals surface area contributed by atoms with Gasteiger partial charge in [-0.1, -0.05) is 48.5 Å². The molecule has 1 amide bonds. The number of amides is 1. The van der Waals surface area contributed by atoms with Crippen LogP contribution in [-0.4, -0.2) is 17.4 Å². The summed E-state index contributed by atoms with van der Waals surface area (Å²) < 4.78 is 0. The highest BCUT2D eigenvalue weighted by atomic mass is 32.1. The third kappa shape index (κ3) is 3.66. The molecule has 0 spiro atoms. The van der Waals surface area contributed by atoms with Gasteiger partial charge in [-0.3, -0.25) is 4.79 Å². The largest absolute Gasteiger partial charge is 0.307 e. The van der Waals surface area contributed by atoms with E-state index in [-0.39, 0.29) is 5.91 Å². The number of aromatic nitrogens is 1. The minimum Gasteiger partial charge on any atom is -0.307 e. The van der Waals surface area contributed by atoms with Crippen molar-refractivity contribution >= 4 is 22.9 Å². The van der Waals surface area contributed by atoms with Crippen LogP contribution in [0.1, 0.15) is 20.9 Å². The summed E-state index contributed by atoms with van der Waals surface area (Å²) in [6.07, 6.45) is 0.819. The van der Waals surface area contributed by atoms with E-state index in [1.54, 1.807) is 5.51 Å². The smallest absolute Gasteiger partial charge is 0.270 e. The van der Waals surface area contributed by atoms with Crippen molar-refractivity contribution in [1.82, 2.24) is 4.98 Å². The van der Waals surface area contributed by atoms with Crippen molar-refractivity contribution in [3.8, 4) is 0 Å². The highest BCUT2D eigenvalue weighted by Gasteiger charge is 2.21. The molecule has 0 atom stereocenters. The highest BCUT2D eigenvalue weighted by molar-refractivity contribution is 7.12. The number of carbonyl (C=O) groups excluding carboxylic acids is 1. The number of para-hydroxylation sites is 1. The highest BCUT2D eigenvalue weighted by Crippen LogP contribution is 2.21. The van der Waals surface area contributed by atoms with Gasteiger partial charge >= 0.3 is 0 Å². The maximum atomic E-state index is 12.9. The van der Waals surface area contributed by atoms with Crippen molar-refractivity contribution in [2.75, 3.05) is 11.4 Å². The summed E-state index contributed by atoms with van der Waals surface area (Å²) in [5.41, 5.74) is 4.66. The number of aryl methyl sites for hydroxylation is 1. The van der Waals surface area contributed by atoms with Crippen molar-refractivity contribution in [2.24, 2.45) is 0 Å². The molecule has 116 valence electrons. The molecule has 2 aromatic carbocycles. The second-order valence-electron chi connectivity index (χ2n) is 5.29. The van der Waals surface area contributed by atoms with Gasteiger partial charge in [-0.05, 0) is 31.0 Å². The van der Waals surface area contributed by atoms with E-state index in [1.807, 2.05) is 60.4 Å². The first-order valence-corrected chi connectivity index (χ1v) is 8.44. The lowest BCUT2D eigenvalue weighted by Gasteiger charge is -2.22. The molecule has 23 heavy (non-hydrogen) atoms. The van der Waals surface area contributed by atoms with Crippen LogP contribution in [-0.2, 0) is 6.42 Å². The van der Waals surface area contributed by atoms with Gasteiger partial charge in [0.05, 0.1) is 11.2 Å². The van der Waals surface area contributed by atoms with Gasteiger partial charge in [0.2, 0.25) is 0 Å². The zero-order valence-electron chi connectivity index (χ0n) is 13.0. The standard InChI is InChI=1S/C19H18N2OS/c1-15-18(23-14-20-15)19(22)21(17-10-6-3-7-11-17)13-12-16-8-4-2-5-9-16/h2-11,14H,12-13H2,1H3. The molecule has 0 N–H and O–H groups in total. The van der Waals surface area contributed by atoms with Gasteiger partial charge in [-0.2, -0.15) is 0 Å². The number of hydrogen-bond acceptors (Lipinski definition) is 3. The van der Waals surface area contributed by atoms with E-state index in [2.05, 4.69) is 17.1 Å². The van der Waals surface area contributed by atoms with Crippen molar-refractivity contribution in [2.45, 2.75) is 13.3 Å². The molecule has 0 aliphatic rings. The van der Waals surface area contributed by atoms with Crippen molar-refractivity contribution in [1.29, 1.82) is 0 Å². The zero-order chi connectivity index (χ0) is 16.1. The Labute approximate surface area is 140 Å². The third-order valence-electron chi connectivity index (χ3n) is 3.72. The maximum Gasteiger partial charge on any atom is 0.270 e. The molecule has 3 rings (SSSR count). The van der Waals surface area contributed by atoms with Crippen LogP contribution in [0.2, 0.25) is 0 Å². The topological polar surface area (TPSA) is 33.2 Å². The van der Waals surface area contributed by atoms with E-state index < -0.39 is 0 Å². The molecule has 0 saturated carbocycles. The van der Waals surface area contributed by atoms with Gasteiger partial charge in [0, 0.05) is 12.2 Å². The van der Waals surface area contributed by atoms with Crippen molar-refractivity contribution in [3.63, 3.8) is 0 Å². The first-order chi connectivity index (χ1) is 11.3. The predicted molar refractivity (Wildman–Crippen MR) is 95.1 cm³/mol. The van der Waals surface area contributed by atoms with Crippen molar-refractivity contribution < 1.29 is 4.79 Å². The predicted octanol–water partition coefficient (Wildman–Crippen LogP) is 4.34. The number of thiazole rings is 1. The Morgan fingerprint density at radius 1 is 1.04 bits per heavy atom. The second-order valence-corrected chi connectivity index (χ2v) is 6.15. The first-order valence-electron chi connectivity index (χ1n) is 7.56. The second kappa shape index (κ2) is 7.20. The molecule has 1 heterocycles. The van der Waals surface area contributed by atoms with Gasteiger partial charge in [0.15, 0.2) is 0 Å². The number of nitrogens with zero attached hydrogens (tertiary/aromatic N) is 2. The van der Waals surface area contributed by atoms with E-state index in [4.69, 9.17) is 0 Å². The van der Waals surface area contributed by atoms with Crippen LogP contribution in [0.3, 0.4) is 0 Å². The quantitative estimate of drug-likeness (QED) is 0.700. The van der Waals surface area contributed by atoms with Crippen molar-refractivity contribution in [3.05, 3.63) is 82.3 Å². The lowest BCUT2D eigenvalue weighted by molar-refractivity contribution is 0.0990. The molecule has 0 unspecified atom stereocenters. The van der Waals surface area contributed by atoms with E-state index in [9.17, 15) is 4.79 Å². The summed E-state index contributed by atoms with van der Waals surface area (Å²) in [7, 11) is 0. The van der Waals surface area contributed by atoms with Gasteiger partial charge in [-0.15, -0.1) is 11.3 Å². The van der Waals surface area contributed by atoms with Gasteiger partial charge < -0.3 is 4.90 Å². The Morgan fingerprint density at radius 2 is 1.70 bits per heavy atom. The van der Waals surface area contributed by atoms with Crippen LogP contribution in [0.5, 0.6) is 0 Å². The number of anilines is 1. The summed E-state index contributed by atoms with van der Waals surface area (Å²) in [6.45, 7) is 2.52. The summed E-state index contributed by atoms with van der Waals surface area (Å²) in [5, 5.41) is 0. The molecule has 0 aliphatic heterocycles. The molecule has 0 saturated heterocycles. The minimum atomic E-state index is 0.0205. The Bertz CT molecular complexity index is 768. The number of carbonyl (C=O) groups is 1. The minimum absolute atomic E-state index is 0.0205. The monoisotopic (exact) mass is 322 g/mol. The molecular weight excluding hydrogens is 304 g/mol. The van der Waals surface area contributed by atoms with Gasteiger partial charge in [0.25, 0.3) is 5.91 Å². The summed E-state index contributed by atoms with van der Waals surface area (Å²) in [4.78, 5) is 19.7. The number of hydrogen-bond donors (Lipinski definition) is 0. The van der Waals surface area contributed by atoms with Crippen LogP contribution in [0, 0.1) is 6.92 Å². The van der Waals surface area contributed by atoms with Crippen LogP contribution < -0.4 is 4.90 Å². The first kappa shape index (κ1) is 15.4. The van der Waals surface area contributed by atoms with E-state index in [0.29, 0.717) is 11.4 Å². The molecule has 3 nitrogen and oxygen atoms in total. The summed E-state index contributed by atoms with van der Waals surface area (Å²) in [5.74, 6) is 0.0205. The van der Waals surface area contributed by atoms with Gasteiger partial charge in [0.1, 0.15) is 4.88 Å². The van der Waals surface area contributed by atoms with Gasteiger partial charge in [-0.25, -0.2) is 4.98 Å². The zero-order valence-corrected chi connectivity index (χ0v) is 13.8. The molecular formula is C19H18N2OS. The summed E-state index contributed by atoms with van der Waals surface area (Å²) >= 11 is 1.40. The van der Waals surface area contributed by atoms with Crippen LogP contribution >= 0.6 is 11.3 Å². The maximum absolute atomic E-state index is 12.9. The van der Waals surface area contributed by atoms with Crippen LogP contribution in [0.4, 0.5) is 5.69 Å². The average Bonchev–Trinajstić information content (AvgIpc) is 3.03. The normalized spacial score (nSPS) is 10.5. The fourth-order valence-corrected chi connectivity index (χ4v) is 3.22. The average molecular weight is 322 g/mol. The lowest BCUT2D eigenvalue weighted by atomic mass is 10.1. The van der Waals surface area contributed by atoms with E-state index in [0.717, 1.165) is 17.8 Å². The Morgan fingerprint density at radius 3 is 2.30 bits per heavy atom. The number of benzene rings is 2. The molecule has 0 aliphatic carbocycles. The Hall–Kier alpha value is -2.46. The third-order valence-corrected chi connectivity index (χ3v) is 4.64. The van der Waals surface area contributed by atoms with E-state index >= 15 is 0 Å². The Kier molecular flexibility index (Phi) is 4.83. The lowest BCUT2D eigenvalue weighted by Crippen LogP contribution is -2.32. The fourth-order valence-electron chi connectivity index (χ4n) is 2.47. The molecule has 4 heteroatoms. The molecule has 0 bridgehead atoms. The van der Waals surface area contributed by atoms with E-state index in [1.165, 1.54) is 16.9 Å². The Balaban J connectivity index is 1.85. The fraction of sp³-hybridized carbons (Fsp3) is 0.158. The van der Waals surface area contributed by atoms with Crippen LogP contribution in [0.25, 0.3) is 0 Å². The molecule has 1 aromatic heterocycles. The molecule has 0 radical (unpaired) electrons. The molecule has 3 aromatic rings. The van der Waals surface area contributed by atoms with Crippen LogP contribution in [0.15, 0.2) is 66.2 Å². The summed E-state index contributed by atoms with van der Waals surface area (Å²) in [6, 6.07) is 20.0. The SMILES string of the molecule is Cc1ncsc1C(=O)N(CCc1ccccc1)c1ccccc1. The molecule has 0 fully saturated rings. The number of rotatable bonds is 5.